The zero-order valence-electron chi connectivity index (χ0n) is 8.22. The van der Waals surface area contributed by atoms with Gasteiger partial charge in [0.05, 0.1) is 0 Å². The fourth-order valence-corrected chi connectivity index (χ4v) is 3.15. The first-order valence-electron chi connectivity index (χ1n) is 4.87. The molecule has 1 aliphatic heterocycles. The first-order valence-corrected chi connectivity index (χ1v) is 6.81. The van der Waals surface area contributed by atoms with E-state index in [-0.39, 0.29) is 0 Å². The SMILES string of the molecule is Cc1c(Br)cccc1NC1CCSC1. The van der Waals surface area contributed by atoms with E-state index in [1.54, 1.807) is 0 Å². The summed E-state index contributed by atoms with van der Waals surface area (Å²) in [5.41, 5.74) is 2.58. The van der Waals surface area contributed by atoms with Gasteiger partial charge in [-0.2, -0.15) is 11.8 Å². The van der Waals surface area contributed by atoms with Crippen LogP contribution in [0.25, 0.3) is 0 Å². The summed E-state index contributed by atoms with van der Waals surface area (Å²) < 4.78 is 1.19. The molecule has 1 nitrogen and oxygen atoms in total. The Kier molecular flexibility index (Phi) is 3.39. The van der Waals surface area contributed by atoms with E-state index < -0.39 is 0 Å². The number of benzene rings is 1. The summed E-state index contributed by atoms with van der Waals surface area (Å²) in [4.78, 5) is 0. The summed E-state index contributed by atoms with van der Waals surface area (Å²) >= 11 is 5.59. The van der Waals surface area contributed by atoms with Gasteiger partial charge in [-0.25, -0.2) is 0 Å². The van der Waals surface area contributed by atoms with Gasteiger partial charge in [-0.3, -0.25) is 0 Å². The largest absolute Gasteiger partial charge is 0.381 e. The number of hydrogen-bond donors (Lipinski definition) is 1. The maximum atomic E-state index is 3.60. The molecule has 76 valence electrons. The highest BCUT2D eigenvalue weighted by Crippen LogP contribution is 2.27. The van der Waals surface area contributed by atoms with Crippen LogP contribution in [-0.4, -0.2) is 17.5 Å². The van der Waals surface area contributed by atoms with Crippen LogP contribution >= 0.6 is 27.7 Å². The highest BCUT2D eigenvalue weighted by Gasteiger charge is 2.15. The summed E-state index contributed by atoms with van der Waals surface area (Å²) in [6.07, 6.45) is 1.29. The van der Waals surface area contributed by atoms with Gasteiger partial charge in [-0.05, 0) is 36.8 Å². The smallest absolute Gasteiger partial charge is 0.0383 e. The molecule has 1 fully saturated rings. The van der Waals surface area contributed by atoms with Gasteiger partial charge in [0.1, 0.15) is 0 Å². The number of halogens is 1. The molecule has 1 atom stereocenters. The summed E-state index contributed by atoms with van der Waals surface area (Å²) in [5.74, 6) is 2.54. The van der Waals surface area contributed by atoms with E-state index in [0.29, 0.717) is 6.04 Å². The van der Waals surface area contributed by atoms with E-state index in [2.05, 4.69) is 46.4 Å². The van der Waals surface area contributed by atoms with Crippen molar-refractivity contribution in [3.8, 4) is 0 Å². The Morgan fingerprint density at radius 2 is 2.36 bits per heavy atom. The van der Waals surface area contributed by atoms with Crippen LogP contribution < -0.4 is 5.32 Å². The van der Waals surface area contributed by atoms with Crippen LogP contribution in [0.3, 0.4) is 0 Å². The van der Waals surface area contributed by atoms with Gasteiger partial charge in [0.2, 0.25) is 0 Å². The minimum atomic E-state index is 0.660. The number of thioether (sulfide) groups is 1. The molecule has 0 aliphatic carbocycles. The molecule has 3 heteroatoms. The molecule has 2 rings (SSSR count). The van der Waals surface area contributed by atoms with Gasteiger partial charge in [-0.1, -0.05) is 22.0 Å². The Bertz CT molecular complexity index is 321. The third-order valence-electron chi connectivity index (χ3n) is 2.56. The lowest BCUT2D eigenvalue weighted by atomic mass is 10.1. The summed E-state index contributed by atoms with van der Waals surface area (Å²) in [6, 6.07) is 6.99. The van der Waals surface area contributed by atoms with E-state index in [1.165, 1.54) is 33.7 Å². The average molecular weight is 272 g/mol. The Morgan fingerprint density at radius 1 is 1.50 bits per heavy atom. The van der Waals surface area contributed by atoms with Crippen LogP contribution in [0.5, 0.6) is 0 Å². The molecule has 0 aromatic heterocycles. The van der Waals surface area contributed by atoms with Crippen molar-refractivity contribution in [1.29, 1.82) is 0 Å². The second-order valence-electron chi connectivity index (χ2n) is 3.62. The van der Waals surface area contributed by atoms with Crippen LogP contribution in [-0.2, 0) is 0 Å². The zero-order chi connectivity index (χ0) is 9.97. The van der Waals surface area contributed by atoms with Crippen LogP contribution in [0.2, 0.25) is 0 Å². The minimum Gasteiger partial charge on any atom is -0.381 e. The second kappa shape index (κ2) is 4.58. The maximum Gasteiger partial charge on any atom is 0.0383 e. The highest BCUT2D eigenvalue weighted by molar-refractivity contribution is 9.10. The van der Waals surface area contributed by atoms with E-state index in [9.17, 15) is 0 Å². The lowest BCUT2D eigenvalue weighted by molar-refractivity contribution is 0.811. The average Bonchev–Trinajstić information content (AvgIpc) is 2.66. The van der Waals surface area contributed by atoms with Gasteiger partial charge in [0.15, 0.2) is 0 Å². The third-order valence-corrected chi connectivity index (χ3v) is 4.58. The van der Waals surface area contributed by atoms with E-state index in [4.69, 9.17) is 0 Å². The van der Waals surface area contributed by atoms with Crippen molar-refractivity contribution in [2.75, 3.05) is 16.8 Å². The molecule has 0 saturated carbocycles. The Hall–Kier alpha value is -0.150. The molecule has 0 spiro atoms. The predicted molar refractivity (Wildman–Crippen MR) is 68.2 cm³/mol. The molecular weight excluding hydrogens is 258 g/mol. The molecule has 0 bridgehead atoms. The van der Waals surface area contributed by atoms with Crippen LogP contribution in [0.15, 0.2) is 22.7 Å². The van der Waals surface area contributed by atoms with Gasteiger partial charge in [-0.15, -0.1) is 0 Å². The van der Waals surface area contributed by atoms with Gasteiger partial charge in [0, 0.05) is 22.0 Å². The topological polar surface area (TPSA) is 12.0 Å². The monoisotopic (exact) mass is 271 g/mol. The van der Waals surface area contributed by atoms with E-state index >= 15 is 0 Å². The first kappa shape index (κ1) is 10.4. The zero-order valence-corrected chi connectivity index (χ0v) is 10.6. The van der Waals surface area contributed by atoms with Crippen molar-refractivity contribution >= 4 is 33.4 Å². The van der Waals surface area contributed by atoms with E-state index in [1.807, 2.05) is 11.8 Å². The molecule has 1 N–H and O–H groups in total. The highest BCUT2D eigenvalue weighted by atomic mass is 79.9. The number of rotatable bonds is 2. The third kappa shape index (κ3) is 2.26. The van der Waals surface area contributed by atoms with Gasteiger partial charge in [0.25, 0.3) is 0 Å². The molecule has 0 amide bonds. The fourth-order valence-electron chi connectivity index (χ4n) is 1.63. The molecule has 1 aromatic carbocycles. The molecule has 1 aliphatic rings. The van der Waals surface area contributed by atoms with Crippen LogP contribution in [0, 0.1) is 6.92 Å². The summed E-state index contributed by atoms with van der Waals surface area (Å²) in [7, 11) is 0. The fraction of sp³-hybridized carbons (Fsp3) is 0.455. The molecule has 14 heavy (non-hydrogen) atoms. The van der Waals surface area contributed by atoms with Gasteiger partial charge < -0.3 is 5.32 Å². The molecular formula is C11H14BrNS. The maximum absolute atomic E-state index is 3.60. The van der Waals surface area contributed by atoms with Crippen molar-refractivity contribution < 1.29 is 0 Å². The Morgan fingerprint density at radius 3 is 3.07 bits per heavy atom. The van der Waals surface area contributed by atoms with E-state index in [0.717, 1.165) is 0 Å². The number of nitrogens with one attached hydrogen (secondary N) is 1. The van der Waals surface area contributed by atoms with Crippen molar-refractivity contribution in [2.24, 2.45) is 0 Å². The number of hydrogen-bond acceptors (Lipinski definition) is 2. The van der Waals surface area contributed by atoms with Crippen molar-refractivity contribution in [3.63, 3.8) is 0 Å². The molecule has 1 aromatic rings. The van der Waals surface area contributed by atoms with Gasteiger partial charge >= 0.3 is 0 Å². The molecule has 0 radical (unpaired) electrons. The first-order chi connectivity index (χ1) is 6.77. The normalized spacial score (nSPS) is 21.1. The predicted octanol–water partition coefficient (Wildman–Crippen LogP) is 3.67. The minimum absolute atomic E-state index is 0.660. The van der Waals surface area contributed by atoms with Crippen molar-refractivity contribution in [3.05, 3.63) is 28.2 Å². The summed E-state index contributed by atoms with van der Waals surface area (Å²) in [6.45, 7) is 2.15. The second-order valence-corrected chi connectivity index (χ2v) is 5.62. The van der Waals surface area contributed by atoms with Crippen LogP contribution in [0.4, 0.5) is 5.69 Å². The van der Waals surface area contributed by atoms with Crippen molar-refractivity contribution in [2.45, 2.75) is 19.4 Å². The molecule has 1 unspecified atom stereocenters. The standard InChI is InChI=1S/C11H14BrNS/c1-8-10(12)3-2-4-11(8)13-9-5-6-14-7-9/h2-4,9,13H,5-7H2,1H3. The lowest BCUT2D eigenvalue weighted by Gasteiger charge is -2.15. The quantitative estimate of drug-likeness (QED) is 0.881. The lowest BCUT2D eigenvalue weighted by Crippen LogP contribution is -2.18. The molecule has 1 heterocycles. The number of anilines is 1. The van der Waals surface area contributed by atoms with Crippen LogP contribution in [0.1, 0.15) is 12.0 Å². The Balaban J connectivity index is 2.11. The Labute approximate surface area is 97.8 Å². The molecule has 1 saturated heterocycles. The summed E-state index contributed by atoms with van der Waals surface area (Å²) in [5, 5.41) is 3.60. The van der Waals surface area contributed by atoms with Crippen molar-refractivity contribution in [1.82, 2.24) is 0 Å².